The summed E-state index contributed by atoms with van der Waals surface area (Å²) in [5, 5.41) is 8.71. The van der Waals surface area contributed by atoms with Crippen LogP contribution >= 0.6 is 0 Å². The second-order valence-corrected chi connectivity index (χ2v) is 3.78. The number of carboxylic acid groups (broad SMARTS) is 1. The summed E-state index contributed by atoms with van der Waals surface area (Å²) in [7, 11) is 0. The van der Waals surface area contributed by atoms with Crippen LogP contribution in [0.4, 0.5) is 4.79 Å². The molecule has 19 heavy (non-hydrogen) atoms. The van der Waals surface area contributed by atoms with Crippen molar-refractivity contribution in [3.8, 4) is 5.75 Å². The third-order valence-corrected chi connectivity index (χ3v) is 2.53. The number of imide groups is 1. The van der Waals surface area contributed by atoms with E-state index in [-0.39, 0.29) is 25.3 Å². The fourth-order valence-corrected chi connectivity index (χ4v) is 1.54. The molecule has 0 radical (unpaired) electrons. The van der Waals surface area contributed by atoms with E-state index in [4.69, 9.17) is 9.84 Å². The van der Waals surface area contributed by atoms with Crippen LogP contribution < -0.4 is 4.74 Å². The average molecular weight is 265 g/mol. The van der Waals surface area contributed by atoms with Gasteiger partial charge in [-0.2, -0.15) is 0 Å². The molecule has 1 N–H and O–H groups in total. The zero-order valence-corrected chi connectivity index (χ0v) is 9.87. The largest absolute Gasteiger partial charge is 0.484 e. The Labute approximate surface area is 108 Å². The first-order chi connectivity index (χ1) is 9.08. The molecule has 0 bridgehead atoms. The monoisotopic (exact) mass is 265 g/mol. The fourth-order valence-electron chi connectivity index (χ4n) is 1.54. The number of rotatable bonds is 4. The van der Waals surface area contributed by atoms with Gasteiger partial charge in [-0.3, -0.25) is 4.79 Å². The van der Waals surface area contributed by atoms with E-state index in [1.165, 1.54) is 24.3 Å². The number of carbonyl (C=O) groups excluding carboxylic acids is 2. The number of hydrogen-bond acceptors (Lipinski definition) is 5. The number of ether oxygens (including phenoxy) is 2. The van der Waals surface area contributed by atoms with Crippen molar-refractivity contribution >= 4 is 18.0 Å². The van der Waals surface area contributed by atoms with Gasteiger partial charge in [-0.15, -0.1) is 0 Å². The molecular formula is C12H11NO6. The van der Waals surface area contributed by atoms with E-state index in [1.54, 1.807) is 0 Å². The minimum atomic E-state index is -1.04. The van der Waals surface area contributed by atoms with Gasteiger partial charge in [-0.1, -0.05) is 0 Å². The molecule has 1 aliphatic heterocycles. The summed E-state index contributed by atoms with van der Waals surface area (Å²) in [4.78, 5) is 34.3. The molecule has 100 valence electrons. The second kappa shape index (κ2) is 5.38. The fraction of sp³-hybridized carbons (Fsp3) is 0.250. The van der Waals surface area contributed by atoms with Crippen LogP contribution in [-0.2, 0) is 9.53 Å². The van der Waals surface area contributed by atoms with Crippen LogP contribution in [-0.4, -0.2) is 47.7 Å². The number of benzene rings is 1. The van der Waals surface area contributed by atoms with Crippen molar-refractivity contribution in [3.63, 3.8) is 0 Å². The number of aromatic carboxylic acids is 1. The van der Waals surface area contributed by atoms with E-state index >= 15 is 0 Å². The van der Waals surface area contributed by atoms with Crippen molar-refractivity contribution < 1.29 is 29.0 Å². The minimum absolute atomic E-state index is 0.127. The molecule has 0 atom stereocenters. The maximum Gasteiger partial charge on any atom is 0.416 e. The summed E-state index contributed by atoms with van der Waals surface area (Å²) in [5.41, 5.74) is 0.127. The van der Waals surface area contributed by atoms with Crippen molar-refractivity contribution in [3.05, 3.63) is 29.8 Å². The first-order valence-corrected chi connectivity index (χ1v) is 5.51. The molecule has 1 aliphatic rings. The number of hydrogen-bond donors (Lipinski definition) is 1. The van der Waals surface area contributed by atoms with Crippen LogP contribution in [0, 0.1) is 0 Å². The molecule has 7 nitrogen and oxygen atoms in total. The topological polar surface area (TPSA) is 93.1 Å². The zero-order chi connectivity index (χ0) is 13.8. The lowest BCUT2D eigenvalue weighted by Crippen LogP contribution is -2.35. The number of amides is 2. The predicted octanol–water partition coefficient (Wildman–Crippen LogP) is 0.742. The predicted molar refractivity (Wildman–Crippen MR) is 62.0 cm³/mol. The number of cyclic esters (lactones) is 1. The molecule has 1 saturated heterocycles. The van der Waals surface area contributed by atoms with Crippen molar-refractivity contribution in [2.75, 3.05) is 19.8 Å². The molecule has 1 aromatic carbocycles. The summed E-state index contributed by atoms with van der Waals surface area (Å²) in [6.07, 6.45) is -0.671. The Morgan fingerprint density at radius 3 is 2.53 bits per heavy atom. The van der Waals surface area contributed by atoms with E-state index in [0.717, 1.165) is 4.90 Å². The molecule has 0 saturated carbocycles. The van der Waals surface area contributed by atoms with Crippen molar-refractivity contribution in [2.45, 2.75) is 0 Å². The molecule has 2 amide bonds. The van der Waals surface area contributed by atoms with E-state index in [1.807, 2.05) is 0 Å². The van der Waals surface area contributed by atoms with E-state index in [2.05, 4.69) is 4.74 Å². The average Bonchev–Trinajstić information content (AvgIpc) is 2.83. The van der Waals surface area contributed by atoms with Gasteiger partial charge < -0.3 is 14.6 Å². The standard InChI is InChI=1S/C12H11NO6/c14-10(13-5-6-18-12(13)17)7-19-9-3-1-8(2-4-9)11(15)16/h1-4H,5-7H2,(H,15,16). The maximum atomic E-state index is 11.6. The SMILES string of the molecule is O=C(O)c1ccc(OCC(=O)N2CCOC2=O)cc1. The van der Waals surface area contributed by atoms with Crippen LogP contribution in [0.5, 0.6) is 5.75 Å². The van der Waals surface area contributed by atoms with Crippen LogP contribution in [0.2, 0.25) is 0 Å². The Morgan fingerprint density at radius 2 is 2.00 bits per heavy atom. The first-order valence-electron chi connectivity index (χ1n) is 5.51. The van der Waals surface area contributed by atoms with Crippen LogP contribution in [0.1, 0.15) is 10.4 Å². The molecule has 0 unspecified atom stereocenters. The van der Waals surface area contributed by atoms with E-state index in [9.17, 15) is 14.4 Å². The van der Waals surface area contributed by atoms with E-state index < -0.39 is 18.0 Å². The molecule has 2 rings (SSSR count). The summed E-state index contributed by atoms with van der Waals surface area (Å²) >= 11 is 0. The van der Waals surface area contributed by atoms with Gasteiger partial charge in [0, 0.05) is 0 Å². The van der Waals surface area contributed by atoms with Gasteiger partial charge in [0.15, 0.2) is 6.61 Å². The van der Waals surface area contributed by atoms with Gasteiger partial charge in [0.1, 0.15) is 12.4 Å². The summed E-state index contributed by atoms with van der Waals surface area (Å²) in [5.74, 6) is -1.18. The van der Waals surface area contributed by atoms with E-state index in [0.29, 0.717) is 5.75 Å². The van der Waals surface area contributed by atoms with Gasteiger partial charge >= 0.3 is 12.1 Å². The molecule has 1 aromatic rings. The molecular weight excluding hydrogens is 254 g/mol. The van der Waals surface area contributed by atoms with Crippen molar-refractivity contribution in [1.29, 1.82) is 0 Å². The van der Waals surface area contributed by atoms with Gasteiger partial charge in [0.25, 0.3) is 5.91 Å². The first kappa shape index (κ1) is 12.9. The highest BCUT2D eigenvalue weighted by Gasteiger charge is 2.28. The smallest absolute Gasteiger partial charge is 0.416 e. The highest BCUT2D eigenvalue weighted by molar-refractivity contribution is 5.93. The molecule has 1 fully saturated rings. The zero-order valence-electron chi connectivity index (χ0n) is 9.87. The number of carboxylic acids is 1. The lowest BCUT2D eigenvalue weighted by Gasteiger charge is -2.11. The third kappa shape index (κ3) is 3.01. The Morgan fingerprint density at radius 1 is 1.32 bits per heavy atom. The molecule has 0 aromatic heterocycles. The van der Waals surface area contributed by atoms with Gasteiger partial charge in [-0.25, -0.2) is 14.5 Å². The Kier molecular flexibility index (Phi) is 3.65. The quantitative estimate of drug-likeness (QED) is 0.863. The Hall–Kier alpha value is -2.57. The van der Waals surface area contributed by atoms with Crippen LogP contribution in [0.25, 0.3) is 0 Å². The van der Waals surface area contributed by atoms with Crippen molar-refractivity contribution in [1.82, 2.24) is 4.90 Å². The summed E-state index contributed by atoms with van der Waals surface area (Å²) < 4.78 is 9.80. The Balaban J connectivity index is 1.89. The number of nitrogens with zero attached hydrogens (tertiary/aromatic N) is 1. The van der Waals surface area contributed by atoms with Gasteiger partial charge in [0.2, 0.25) is 0 Å². The molecule has 1 heterocycles. The lowest BCUT2D eigenvalue weighted by atomic mass is 10.2. The summed E-state index contributed by atoms with van der Waals surface area (Å²) in [6, 6.07) is 5.62. The Bertz CT molecular complexity index is 509. The second-order valence-electron chi connectivity index (χ2n) is 3.78. The molecule has 0 aliphatic carbocycles. The van der Waals surface area contributed by atoms with Crippen LogP contribution in [0.3, 0.4) is 0 Å². The van der Waals surface area contributed by atoms with Crippen LogP contribution in [0.15, 0.2) is 24.3 Å². The highest BCUT2D eigenvalue weighted by Crippen LogP contribution is 2.13. The minimum Gasteiger partial charge on any atom is -0.484 e. The molecule has 0 spiro atoms. The number of carbonyl (C=O) groups is 3. The lowest BCUT2D eigenvalue weighted by molar-refractivity contribution is -0.129. The maximum absolute atomic E-state index is 11.6. The normalized spacial score (nSPS) is 14.1. The third-order valence-electron chi connectivity index (χ3n) is 2.53. The van der Waals surface area contributed by atoms with Gasteiger partial charge in [0.05, 0.1) is 12.1 Å². The summed E-state index contributed by atoms with van der Waals surface area (Å²) in [6.45, 7) is 0.110. The highest BCUT2D eigenvalue weighted by atomic mass is 16.6. The molecule has 7 heteroatoms. The van der Waals surface area contributed by atoms with Crippen molar-refractivity contribution in [2.24, 2.45) is 0 Å². The van der Waals surface area contributed by atoms with Gasteiger partial charge in [-0.05, 0) is 24.3 Å².